The number of carbonyl (C=O) groups excluding carboxylic acids is 5. The molecule has 0 aromatic carbocycles. The predicted octanol–water partition coefficient (Wildman–Crippen LogP) is 0.874. The summed E-state index contributed by atoms with van der Waals surface area (Å²) in [4.78, 5) is 59.7. The molecule has 1 unspecified atom stereocenters. The van der Waals surface area contributed by atoms with E-state index in [0.29, 0.717) is 12.8 Å². The molecule has 8 heteroatoms. The number of carbonyl (C=O) groups is 5. The second kappa shape index (κ2) is 9.97. The number of thioether (sulfide) groups is 1. The highest BCUT2D eigenvalue weighted by Crippen LogP contribution is 2.26. The van der Waals surface area contributed by atoms with E-state index in [-0.39, 0.29) is 66.8 Å². The lowest BCUT2D eigenvalue weighted by Gasteiger charge is -2.13. The quantitative estimate of drug-likeness (QED) is 0.320. The Hall–Kier alpha value is -1.54. The number of nitrogens with zero attached hydrogens (tertiary/aromatic N) is 1. The van der Waals surface area contributed by atoms with Crippen LogP contribution in [0.1, 0.15) is 51.4 Å². The van der Waals surface area contributed by atoms with Crippen LogP contribution in [0.5, 0.6) is 0 Å². The first-order valence-corrected chi connectivity index (χ1v) is 10.2. The molecular formula is C18H26N2O5S. The number of hydrogen-bond acceptors (Lipinski definition) is 7. The van der Waals surface area contributed by atoms with Gasteiger partial charge in [0, 0.05) is 38.8 Å². The molecule has 0 radical (unpaired) electrons. The van der Waals surface area contributed by atoms with E-state index < -0.39 is 5.92 Å². The van der Waals surface area contributed by atoms with E-state index in [1.165, 1.54) is 11.8 Å². The van der Waals surface area contributed by atoms with Crippen LogP contribution < -0.4 is 5.73 Å². The van der Waals surface area contributed by atoms with Crippen LogP contribution in [0.3, 0.4) is 0 Å². The molecule has 1 heterocycles. The van der Waals surface area contributed by atoms with Crippen molar-refractivity contribution in [3.63, 3.8) is 0 Å². The third-order valence-electron chi connectivity index (χ3n) is 4.73. The standard InChI is InChI=1S/C18H26N2O5S/c19-5-6-20-17(24)9-12(18(20)25)8-13(21)4-2-1-3-7-26-16-11-14(22)10-15(16)23/h12,16H,1-11,19H2/t12-,16?/m0/s1. The van der Waals surface area contributed by atoms with Crippen molar-refractivity contribution in [2.45, 2.75) is 56.6 Å². The number of hydrogen-bond donors (Lipinski definition) is 1. The molecule has 0 spiro atoms. The SMILES string of the molecule is NCCN1C(=O)C[C@H](CC(=O)CCCCCSC2CC(=O)CC2=O)C1=O. The number of rotatable bonds is 11. The van der Waals surface area contributed by atoms with E-state index in [4.69, 9.17) is 5.73 Å². The Kier molecular flexibility index (Phi) is 7.96. The molecule has 1 aliphatic carbocycles. The highest BCUT2D eigenvalue weighted by molar-refractivity contribution is 8.00. The van der Waals surface area contributed by atoms with Gasteiger partial charge in [0.1, 0.15) is 11.6 Å². The zero-order chi connectivity index (χ0) is 19.1. The van der Waals surface area contributed by atoms with Crippen molar-refractivity contribution in [1.82, 2.24) is 4.90 Å². The summed E-state index contributed by atoms with van der Waals surface area (Å²) < 4.78 is 0. The lowest BCUT2D eigenvalue weighted by molar-refractivity contribution is -0.140. The summed E-state index contributed by atoms with van der Waals surface area (Å²) in [5, 5.41) is -0.175. The molecule has 1 aliphatic heterocycles. The summed E-state index contributed by atoms with van der Waals surface area (Å²) in [5.41, 5.74) is 5.39. The maximum atomic E-state index is 12.1. The molecule has 2 aliphatic rings. The smallest absolute Gasteiger partial charge is 0.233 e. The van der Waals surface area contributed by atoms with E-state index in [1.54, 1.807) is 0 Å². The highest BCUT2D eigenvalue weighted by atomic mass is 32.2. The summed E-state index contributed by atoms with van der Waals surface area (Å²) in [6, 6.07) is 0. The Morgan fingerprint density at radius 1 is 1.12 bits per heavy atom. The van der Waals surface area contributed by atoms with Crippen molar-refractivity contribution in [2.24, 2.45) is 11.7 Å². The Morgan fingerprint density at radius 2 is 1.88 bits per heavy atom. The maximum Gasteiger partial charge on any atom is 0.233 e. The predicted molar refractivity (Wildman–Crippen MR) is 97.5 cm³/mol. The average Bonchev–Trinajstić information content (AvgIpc) is 3.04. The molecule has 2 rings (SSSR count). The minimum Gasteiger partial charge on any atom is -0.329 e. The number of amides is 2. The molecule has 1 saturated carbocycles. The molecule has 2 N–H and O–H groups in total. The second-order valence-electron chi connectivity index (χ2n) is 6.87. The van der Waals surface area contributed by atoms with E-state index in [9.17, 15) is 24.0 Å². The van der Waals surface area contributed by atoms with Crippen LogP contribution in [-0.2, 0) is 24.0 Å². The minimum absolute atomic E-state index is 0.00923. The van der Waals surface area contributed by atoms with Gasteiger partial charge in [0.05, 0.1) is 17.6 Å². The van der Waals surface area contributed by atoms with Gasteiger partial charge in [-0.2, -0.15) is 11.8 Å². The summed E-state index contributed by atoms with van der Waals surface area (Å²) in [5.74, 6) is -0.159. The molecule has 0 aromatic rings. The molecule has 144 valence electrons. The molecule has 7 nitrogen and oxygen atoms in total. The van der Waals surface area contributed by atoms with Crippen molar-refractivity contribution < 1.29 is 24.0 Å². The Balaban J connectivity index is 1.57. The van der Waals surface area contributed by atoms with Crippen LogP contribution in [0, 0.1) is 5.92 Å². The van der Waals surface area contributed by atoms with Gasteiger partial charge in [-0.1, -0.05) is 6.42 Å². The first kappa shape index (κ1) is 20.8. The van der Waals surface area contributed by atoms with Crippen LogP contribution in [0.2, 0.25) is 0 Å². The lowest BCUT2D eigenvalue weighted by Crippen LogP contribution is -2.35. The van der Waals surface area contributed by atoms with Crippen LogP contribution >= 0.6 is 11.8 Å². The van der Waals surface area contributed by atoms with Gasteiger partial charge in [0.2, 0.25) is 11.8 Å². The highest BCUT2D eigenvalue weighted by Gasteiger charge is 2.38. The molecule has 1 saturated heterocycles. The number of nitrogens with two attached hydrogens (primary N) is 1. The van der Waals surface area contributed by atoms with Gasteiger partial charge in [0.15, 0.2) is 5.78 Å². The van der Waals surface area contributed by atoms with Crippen LogP contribution in [0.25, 0.3) is 0 Å². The second-order valence-corrected chi connectivity index (χ2v) is 8.18. The average molecular weight is 382 g/mol. The Morgan fingerprint density at radius 3 is 2.54 bits per heavy atom. The van der Waals surface area contributed by atoms with E-state index in [0.717, 1.165) is 29.9 Å². The topological polar surface area (TPSA) is 115 Å². The Labute approximate surface area is 157 Å². The molecule has 0 aromatic heterocycles. The monoisotopic (exact) mass is 382 g/mol. The van der Waals surface area contributed by atoms with Crippen LogP contribution in [-0.4, -0.2) is 58.2 Å². The third-order valence-corrected chi connectivity index (χ3v) is 6.08. The number of likely N-dealkylation sites (tertiary alicyclic amines) is 1. The zero-order valence-corrected chi connectivity index (χ0v) is 15.7. The van der Waals surface area contributed by atoms with Gasteiger partial charge in [-0.05, 0) is 18.6 Å². The van der Waals surface area contributed by atoms with E-state index in [1.807, 2.05) is 0 Å². The third kappa shape index (κ3) is 5.74. The fraction of sp³-hybridized carbons (Fsp3) is 0.722. The van der Waals surface area contributed by atoms with Crippen molar-refractivity contribution >= 4 is 40.9 Å². The van der Waals surface area contributed by atoms with Gasteiger partial charge in [-0.15, -0.1) is 0 Å². The molecule has 0 bridgehead atoms. The first-order chi connectivity index (χ1) is 12.4. The minimum atomic E-state index is -0.525. The molecule has 26 heavy (non-hydrogen) atoms. The van der Waals surface area contributed by atoms with Gasteiger partial charge in [0.25, 0.3) is 0 Å². The Bertz CT molecular complexity index is 592. The number of ketones is 3. The lowest BCUT2D eigenvalue weighted by atomic mass is 9.98. The molecule has 2 atom stereocenters. The van der Waals surface area contributed by atoms with E-state index in [2.05, 4.69) is 0 Å². The number of imide groups is 1. The van der Waals surface area contributed by atoms with Gasteiger partial charge < -0.3 is 5.73 Å². The summed E-state index contributed by atoms with van der Waals surface area (Å²) >= 11 is 1.53. The largest absolute Gasteiger partial charge is 0.329 e. The van der Waals surface area contributed by atoms with Crippen molar-refractivity contribution in [1.29, 1.82) is 0 Å². The van der Waals surface area contributed by atoms with Crippen LogP contribution in [0.4, 0.5) is 0 Å². The molecular weight excluding hydrogens is 356 g/mol. The summed E-state index contributed by atoms with van der Waals surface area (Å²) in [7, 11) is 0. The van der Waals surface area contributed by atoms with Gasteiger partial charge >= 0.3 is 0 Å². The molecule has 2 amide bonds. The fourth-order valence-corrected chi connectivity index (χ4v) is 4.56. The number of unbranched alkanes of at least 4 members (excludes halogenated alkanes) is 2. The summed E-state index contributed by atoms with van der Waals surface area (Å²) in [6.45, 7) is 0.450. The van der Waals surface area contributed by atoms with Crippen molar-refractivity contribution in [2.75, 3.05) is 18.8 Å². The molecule has 2 fully saturated rings. The zero-order valence-electron chi connectivity index (χ0n) is 14.9. The van der Waals surface area contributed by atoms with E-state index >= 15 is 0 Å². The first-order valence-electron chi connectivity index (χ1n) is 9.14. The maximum absolute atomic E-state index is 12.1. The van der Waals surface area contributed by atoms with Gasteiger partial charge in [-0.3, -0.25) is 28.9 Å². The normalized spacial score (nSPS) is 23.3. The fourth-order valence-electron chi connectivity index (χ4n) is 3.33. The number of Topliss-reactive ketones (excluding diaryl/α,β-unsaturated/α-hetero) is 3. The van der Waals surface area contributed by atoms with Crippen LogP contribution in [0.15, 0.2) is 0 Å². The van der Waals surface area contributed by atoms with Gasteiger partial charge in [-0.25, -0.2) is 0 Å². The summed E-state index contributed by atoms with van der Waals surface area (Å²) in [6.07, 6.45) is 3.56. The van der Waals surface area contributed by atoms with Crippen molar-refractivity contribution in [3.8, 4) is 0 Å². The van der Waals surface area contributed by atoms with Crippen molar-refractivity contribution in [3.05, 3.63) is 0 Å².